The Morgan fingerprint density at radius 1 is 1.46 bits per heavy atom. The number of hydrogen-bond donors (Lipinski definition) is 0. The highest BCUT2D eigenvalue weighted by Gasteiger charge is 2.12. The molecule has 0 aromatic carbocycles. The van der Waals surface area contributed by atoms with E-state index in [1.807, 2.05) is 11.2 Å². The first-order valence-corrected chi connectivity index (χ1v) is 8.64. The summed E-state index contributed by atoms with van der Waals surface area (Å²) in [5.41, 5.74) is 0. The van der Waals surface area contributed by atoms with Crippen LogP contribution in [-0.4, -0.2) is 39.2 Å². The maximum atomic E-state index is 5.54. The van der Waals surface area contributed by atoms with Gasteiger partial charge in [0, 0.05) is 33.9 Å². The van der Waals surface area contributed by atoms with E-state index in [1.165, 1.54) is 6.04 Å². The van der Waals surface area contributed by atoms with Crippen LogP contribution >= 0.6 is 0 Å². The van der Waals surface area contributed by atoms with Gasteiger partial charge in [-0.1, -0.05) is 19.6 Å². The first-order valence-electron chi connectivity index (χ1n) is 4.93. The Hall–Kier alpha value is -0.353. The quantitative estimate of drug-likeness (QED) is 0.501. The van der Waals surface area contributed by atoms with Gasteiger partial charge >= 0.3 is 0 Å². The smallest absolute Gasteiger partial charge is 0.134 e. The van der Waals surface area contributed by atoms with Crippen LogP contribution in [-0.2, 0) is 4.74 Å². The third kappa shape index (κ3) is 5.05. The summed E-state index contributed by atoms with van der Waals surface area (Å²) in [7, 11) is -0.916. The summed E-state index contributed by atoms with van der Waals surface area (Å²) >= 11 is 0. The van der Waals surface area contributed by atoms with Gasteiger partial charge in [-0.15, -0.1) is 0 Å². The van der Waals surface area contributed by atoms with Gasteiger partial charge in [0.05, 0.1) is 0 Å². The highest BCUT2D eigenvalue weighted by atomic mass is 28.3. The number of rotatable bonds is 5. The van der Waals surface area contributed by atoms with Crippen LogP contribution in [0.5, 0.6) is 0 Å². The Kier molecular flexibility index (Phi) is 3.93. The molecule has 4 heteroatoms. The molecule has 0 saturated heterocycles. The van der Waals surface area contributed by atoms with E-state index in [1.54, 1.807) is 0 Å². The molecule has 0 N–H and O–H groups in total. The molecule has 0 aromatic heterocycles. The van der Waals surface area contributed by atoms with Gasteiger partial charge in [0.15, 0.2) is 0 Å². The molecule has 0 saturated carbocycles. The molecule has 1 heterocycles. The van der Waals surface area contributed by atoms with Crippen LogP contribution < -0.4 is 0 Å². The Balaban J connectivity index is 1.98. The fourth-order valence-electron chi connectivity index (χ4n) is 1.08. The average Bonchev–Trinajstić information content (AvgIpc) is 2.48. The lowest BCUT2D eigenvalue weighted by atomic mass is 10.5. The van der Waals surface area contributed by atoms with Crippen LogP contribution in [0.15, 0.2) is 5.10 Å². The number of hydrazone groups is 1. The molecule has 1 aliphatic heterocycles. The molecule has 0 aliphatic carbocycles. The second-order valence-corrected chi connectivity index (χ2v) is 10.3. The van der Waals surface area contributed by atoms with Gasteiger partial charge in [-0.2, -0.15) is 5.10 Å². The number of nitrogens with zero attached hydrogens (tertiary/aromatic N) is 2. The van der Waals surface area contributed by atoms with Crippen molar-refractivity contribution in [2.75, 3.05) is 19.9 Å². The lowest BCUT2D eigenvalue weighted by Crippen LogP contribution is -2.24. The summed E-state index contributed by atoms with van der Waals surface area (Å²) < 4.78 is 5.54. The monoisotopic (exact) mass is 200 g/mol. The molecule has 13 heavy (non-hydrogen) atoms. The standard InChI is InChI=1S/C9H20N2OSi/c1-13(2,3)8-7-12-9-11-6-4-5-10-11/h5H,4,6-9H2,1-3H3. The van der Waals surface area contributed by atoms with E-state index in [0.29, 0.717) is 6.73 Å². The SMILES string of the molecule is C[Si](C)(C)CCOCN1CCC=N1. The van der Waals surface area contributed by atoms with Gasteiger partial charge in [-0.3, -0.25) is 5.01 Å². The normalized spacial score (nSPS) is 17.0. The van der Waals surface area contributed by atoms with E-state index < -0.39 is 8.07 Å². The Bertz CT molecular complexity index is 177. The van der Waals surface area contributed by atoms with Crippen molar-refractivity contribution in [1.82, 2.24) is 5.01 Å². The molecule has 0 unspecified atom stereocenters. The predicted molar refractivity (Wildman–Crippen MR) is 58.8 cm³/mol. The van der Waals surface area contributed by atoms with Crippen molar-refractivity contribution in [3.8, 4) is 0 Å². The Morgan fingerprint density at radius 3 is 2.77 bits per heavy atom. The van der Waals surface area contributed by atoms with Crippen LogP contribution in [0.3, 0.4) is 0 Å². The molecular formula is C9H20N2OSi. The lowest BCUT2D eigenvalue weighted by Gasteiger charge is -2.18. The van der Waals surface area contributed by atoms with Gasteiger partial charge < -0.3 is 4.74 Å². The van der Waals surface area contributed by atoms with E-state index in [0.717, 1.165) is 19.6 Å². The number of hydrogen-bond acceptors (Lipinski definition) is 3. The highest BCUT2D eigenvalue weighted by molar-refractivity contribution is 6.76. The van der Waals surface area contributed by atoms with E-state index >= 15 is 0 Å². The van der Waals surface area contributed by atoms with E-state index in [-0.39, 0.29) is 0 Å². The molecule has 0 aromatic rings. The van der Waals surface area contributed by atoms with Crippen molar-refractivity contribution in [3.05, 3.63) is 0 Å². The van der Waals surface area contributed by atoms with Crippen LogP contribution in [0.1, 0.15) is 6.42 Å². The molecule has 0 radical (unpaired) electrons. The molecular weight excluding hydrogens is 180 g/mol. The van der Waals surface area contributed by atoms with Gasteiger partial charge in [0.25, 0.3) is 0 Å². The van der Waals surface area contributed by atoms with Crippen LogP contribution in [0.4, 0.5) is 0 Å². The average molecular weight is 200 g/mol. The first kappa shape index (κ1) is 10.7. The Labute approximate surface area is 81.8 Å². The van der Waals surface area contributed by atoms with Crippen LogP contribution in [0.25, 0.3) is 0 Å². The molecule has 0 amide bonds. The molecule has 0 fully saturated rings. The van der Waals surface area contributed by atoms with E-state index in [2.05, 4.69) is 24.7 Å². The first-order chi connectivity index (χ1) is 6.08. The molecule has 3 nitrogen and oxygen atoms in total. The van der Waals surface area contributed by atoms with Gasteiger partial charge in [-0.05, 0) is 6.04 Å². The fraction of sp³-hybridized carbons (Fsp3) is 0.889. The summed E-state index contributed by atoms with van der Waals surface area (Å²) in [5, 5.41) is 6.14. The van der Waals surface area contributed by atoms with Crippen LogP contribution in [0, 0.1) is 0 Å². The van der Waals surface area contributed by atoms with Crippen molar-refractivity contribution >= 4 is 14.3 Å². The van der Waals surface area contributed by atoms with Gasteiger partial charge in [0.1, 0.15) is 6.73 Å². The fourth-order valence-corrected chi connectivity index (χ4v) is 1.84. The van der Waals surface area contributed by atoms with Gasteiger partial charge in [-0.25, -0.2) is 0 Å². The topological polar surface area (TPSA) is 24.8 Å². The molecule has 0 spiro atoms. The minimum Gasteiger partial charge on any atom is -0.360 e. The number of ether oxygens (including phenoxy) is 1. The summed E-state index contributed by atoms with van der Waals surface area (Å²) in [6.45, 7) is 9.68. The van der Waals surface area contributed by atoms with Gasteiger partial charge in [0.2, 0.25) is 0 Å². The maximum absolute atomic E-state index is 5.54. The zero-order valence-electron chi connectivity index (χ0n) is 8.92. The predicted octanol–water partition coefficient (Wildman–Crippen LogP) is 1.99. The zero-order chi connectivity index (χ0) is 9.73. The molecule has 0 bridgehead atoms. The lowest BCUT2D eigenvalue weighted by molar-refractivity contribution is 0.0434. The minimum atomic E-state index is -0.916. The summed E-state index contributed by atoms with van der Waals surface area (Å²) in [6.07, 6.45) is 3.01. The van der Waals surface area contributed by atoms with E-state index in [9.17, 15) is 0 Å². The molecule has 76 valence electrons. The third-order valence-corrected chi connectivity index (χ3v) is 3.70. The Morgan fingerprint density at radius 2 is 2.23 bits per heavy atom. The second kappa shape index (κ2) is 4.76. The van der Waals surface area contributed by atoms with Crippen molar-refractivity contribution in [1.29, 1.82) is 0 Å². The minimum absolute atomic E-state index is 0.668. The van der Waals surface area contributed by atoms with Crippen molar-refractivity contribution in [3.63, 3.8) is 0 Å². The van der Waals surface area contributed by atoms with Crippen molar-refractivity contribution < 1.29 is 4.74 Å². The second-order valence-electron chi connectivity index (χ2n) is 4.66. The van der Waals surface area contributed by atoms with Crippen LogP contribution in [0.2, 0.25) is 25.7 Å². The summed E-state index contributed by atoms with van der Waals surface area (Å²) in [6, 6.07) is 1.24. The zero-order valence-corrected chi connectivity index (χ0v) is 9.92. The molecule has 0 atom stereocenters. The van der Waals surface area contributed by atoms with E-state index in [4.69, 9.17) is 4.74 Å². The molecule has 1 aliphatic rings. The van der Waals surface area contributed by atoms with Crippen molar-refractivity contribution in [2.24, 2.45) is 5.10 Å². The maximum Gasteiger partial charge on any atom is 0.134 e. The molecule has 1 rings (SSSR count). The third-order valence-electron chi connectivity index (χ3n) is 2.00. The largest absolute Gasteiger partial charge is 0.360 e. The van der Waals surface area contributed by atoms with Crippen molar-refractivity contribution in [2.45, 2.75) is 32.1 Å². The summed E-state index contributed by atoms with van der Waals surface area (Å²) in [5.74, 6) is 0. The highest BCUT2D eigenvalue weighted by Crippen LogP contribution is 2.08. The summed E-state index contributed by atoms with van der Waals surface area (Å²) in [4.78, 5) is 0.